The molecular weight excluding hydrogens is 731 g/mol. The molecule has 0 amide bonds. The van der Waals surface area contributed by atoms with Gasteiger partial charge in [0.25, 0.3) is 0 Å². The van der Waals surface area contributed by atoms with Crippen LogP contribution in [0.2, 0.25) is 0 Å². The third-order valence-corrected chi connectivity index (χ3v) is 12.5. The van der Waals surface area contributed by atoms with Crippen LogP contribution in [-0.4, -0.2) is 15.0 Å². The van der Waals surface area contributed by atoms with Gasteiger partial charge in [-0.05, 0) is 102 Å². The molecule has 2 aromatic heterocycles. The fraction of sp³-hybridized carbons (Fsp3) is 0.0536. The number of aromatic nitrogens is 3. The van der Waals surface area contributed by atoms with E-state index in [1.54, 1.807) is 0 Å². The largest absolute Gasteiger partial charge is 0.456 e. The summed E-state index contributed by atoms with van der Waals surface area (Å²) in [5, 5.41) is 6.74. The highest BCUT2D eigenvalue weighted by Crippen LogP contribution is 2.49. The van der Waals surface area contributed by atoms with E-state index >= 15 is 0 Å². The summed E-state index contributed by atoms with van der Waals surface area (Å²) in [6, 6.07) is 66.7. The standard InChI is InChI=1S/C56H37N3O/c1-56(2)48-24-11-10-22-44(48)46-32-38(27-29-49(46)56)53-57-54(59-55(58-53)47-31-37-16-6-7-19-40(37)42-20-8-9-21-43(42)47)39-26-28-45-51(33-39)60-50-25-13-23-41(52(45)50)36-18-12-17-35(30-36)34-14-4-3-5-15-34/h3-33H,1-2H3. The number of nitrogens with zero attached hydrogens (tertiary/aromatic N) is 3. The molecule has 2 heterocycles. The van der Waals surface area contributed by atoms with Gasteiger partial charge in [-0.25, -0.2) is 15.0 Å². The molecule has 0 aliphatic heterocycles. The number of fused-ring (bicyclic) bond motifs is 9. The van der Waals surface area contributed by atoms with Crippen LogP contribution in [0.4, 0.5) is 0 Å². The third kappa shape index (κ3) is 5.34. The van der Waals surface area contributed by atoms with Crippen LogP contribution >= 0.6 is 0 Å². The van der Waals surface area contributed by atoms with E-state index in [-0.39, 0.29) is 5.41 Å². The van der Waals surface area contributed by atoms with E-state index in [9.17, 15) is 0 Å². The van der Waals surface area contributed by atoms with Crippen molar-refractivity contribution in [3.05, 3.63) is 199 Å². The molecule has 1 aliphatic rings. The van der Waals surface area contributed by atoms with Crippen molar-refractivity contribution in [2.45, 2.75) is 19.3 Å². The Morgan fingerprint density at radius 1 is 0.350 bits per heavy atom. The lowest BCUT2D eigenvalue weighted by Gasteiger charge is -2.21. The minimum Gasteiger partial charge on any atom is -0.456 e. The molecule has 0 saturated heterocycles. The Hall–Kier alpha value is -7.69. The summed E-state index contributed by atoms with van der Waals surface area (Å²) in [6.45, 7) is 4.61. The zero-order chi connectivity index (χ0) is 40.0. The zero-order valence-electron chi connectivity index (χ0n) is 33.1. The summed E-state index contributed by atoms with van der Waals surface area (Å²) < 4.78 is 6.66. The van der Waals surface area contributed by atoms with E-state index in [4.69, 9.17) is 19.4 Å². The van der Waals surface area contributed by atoms with Gasteiger partial charge in [-0.3, -0.25) is 0 Å². The molecule has 0 N–H and O–H groups in total. The van der Waals surface area contributed by atoms with Crippen molar-refractivity contribution in [3.63, 3.8) is 0 Å². The summed E-state index contributed by atoms with van der Waals surface area (Å²) in [4.78, 5) is 15.8. The van der Waals surface area contributed by atoms with Gasteiger partial charge < -0.3 is 4.42 Å². The first-order chi connectivity index (χ1) is 29.5. The molecular formula is C56H37N3O. The first kappa shape index (κ1) is 34.4. The second-order valence-corrected chi connectivity index (χ2v) is 16.4. The van der Waals surface area contributed by atoms with Crippen molar-refractivity contribution >= 4 is 43.5 Å². The summed E-state index contributed by atoms with van der Waals surface area (Å²) >= 11 is 0. The molecule has 11 aromatic rings. The second-order valence-electron chi connectivity index (χ2n) is 16.4. The van der Waals surface area contributed by atoms with Crippen molar-refractivity contribution in [1.29, 1.82) is 0 Å². The molecule has 0 unspecified atom stereocenters. The highest BCUT2D eigenvalue weighted by atomic mass is 16.3. The molecule has 4 nitrogen and oxygen atoms in total. The molecule has 0 radical (unpaired) electrons. The molecule has 60 heavy (non-hydrogen) atoms. The lowest BCUT2D eigenvalue weighted by molar-refractivity contribution is 0.660. The molecule has 9 aromatic carbocycles. The highest BCUT2D eigenvalue weighted by Gasteiger charge is 2.35. The van der Waals surface area contributed by atoms with E-state index in [2.05, 4.69) is 202 Å². The van der Waals surface area contributed by atoms with Gasteiger partial charge in [0.1, 0.15) is 11.2 Å². The van der Waals surface area contributed by atoms with Gasteiger partial charge in [-0.1, -0.05) is 166 Å². The van der Waals surface area contributed by atoms with Crippen molar-refractivity contribution in [2.24, 2.45) is 0 Å². The van der Waals surface area contributed by atoms with E-state index in [1.165, 1.54) is 44.2 Å². The van der Waals surface area contributed by atoms with Gasteiger partial charge in [-0.2, -0.15) is 0 Å². The summed E-state index contributed by atoms with van der Waals surface area (Å²) in [5.74, 6) is 1.84. The molecule has 1 aliphatic carbocycles. The minimum absolute atomic E-state index is 0.101. The summed E-state index contributed by atoms with van der Waals surface area (Å²) in [6.07, 6.45) is 0. The van der Waals surface area contributed by atoms with Gasteiger partial charge in [0.2, 0.25) is 0 Å². The van der Waals surface area contributed by atoms with Crippen LogP contribution in [0.3, 0.4) is 0 Å². The van der Waals surface area contributed by atoms with Gasteiger partial charge in [0.05, 0.1) is 0 Å². The molecule has 0 atom stereocenters. The van der Waals surface area contributed by atoms with Crippen molar-refractivity contribution in [2.75, 3.05) is 0 Å². The normalized spacial score (nSPS) is 13.0. The molecule has 282 valence electrons. The van der Waals surface area contributed by atoms with E-state index < -0.39 is 0 Å². The smallest absolute Gasteiger partial charge is 0.164 e. The first-order valence-electron chi connectivity index (χ1n) is 20.5. The van der Waals surface area contributed by atoms with Crippen LogP contribution in [0, 0.1) is 0 Å². The molecule has 4 heteroatoms. The van der Waals surface area contributed by atoms with Crippen LogP contribution in [-0.2, 0) is 5.41 Å². The van der Waals surface area contributed by atoms with Crippen molar-refractivity contribution in [3.8, 4) is 67.5 Å². The topological polar surface area (TPSA) is 51.8 Å². The maximum absolute atomic E-state index is 6.66. The summed E-state index contributed by atoms with van der Waals surface area (Å²) in [7, 11) is 0. The van der Waals surface area contributed by atoms with Crippen LogP contribution in [0.1, 0.15) is 25.0 Å². The van der Waals surface area contributed by atoms with E-state index in [1.807, 2.05) is 0 Å². The SMILES string of the molecule is CC1(C)c2ccccc2-c2cc(-c3nc(-c4ccc5c(c4)oc4cccc(-c6cccc(-c7ccccc7)c6)c45)nc(-c4cc5ccccc5c5ccccc45)n3)ccc21. The number of hydrogen-bond donors (Lipinski definition) is 0. The maximum Gasteiger partial charge on any atom is 0.164 e. The Morgan fingerprint density at radius 2 is 0.983 bits per heavy atom. The maximum atomic E-state index is 6.66. The molecule has 0 bridgehead atoms. The third-order valence-electron chi connectivity index (χ3n) is 12.5. The second kappa shape index (κ2) is 13.2. The van der Waals surface area contributed by atoms with Crippen molar-refractivity contribution in [1.82, 2.24) is 15.0 Å². The molecule has 0 fully saturated rings. The molecule has 0 spiro atoms. The fourth-order valence-electron chi connectivity index (χ4n) is 9.56. The Kier molecular flexibility index (Phi) is 7.54. The lowest BCUT2D eigenvalue weighted by atomic mass is 9.82. The Bertz CT molecular complexity index is 3530. The Labute approximate surface area is 347 Å². The fourth-order valence-corrected chi connectivity index (χ4v) is 9.56. The molecule has 0 saturated carbocycles. The molecule has 12 rings (SSSR count). The quantitative estimate of drug-likeness (QED) is 0.164. The van der Waals surface area contributed by atoms with Crippen LogP contribution in [0.15, 0.2) is 192 Å². The minimum atomic E-state index is -0.101. The number of benzene rings is 9. The average molecular weight is 768 g/mol. The summed E-state index contributed by atoms with van der Waals surface area (Å²) in [5.41, 5.74) is 14.1. The van der Waals surface area contributed by atoms with Crippen molar-refractivity contribution < 1.29 is 4.42 Å². The van der Waals surface area contributed by atoms with Gasteiger partial charge in [0, 0.05) is 32.9 Å². The number of furan rings is 1. The monoisotopic (exact) mass is 767 g/mol. The van der Waals surface area contributed by atoms with Crippen LogP contribution in [0.5, 0.6) is 0 Å². The Morgan fingerprint density at radius 3 is 1.85 bits per heavy atom. The number of hydrogen-bond acceptors (Lipinski definition) is 4. The van der Waals surface area contributed by atoms with Gasteiger partial charge in [0.15, 0.2) is 17.5 Å². The number of rotatable bonds is 5. The van der Waals surface area contributed by atoms with Crippen LogP contribution < -0.4 is 0 Å². The highest BCUT2D eigenvalue weighted by molar-refractivity contribution is 6.14. The predicted octanol–water partition coefficient (Wildman–Crippen LogP) is 14.7. The van der Waals surface area contributed by atoms with Gasteiger partial charge in [-0.15, -0.1) is 0 Å². The van der Waals surface area contributed by atoms with E-state index in [0.717, 1.165) is 60.5 Å². The lowest BCUT2D eigenvalue weighted by Crippen LogP contribution is -2.14. The predicted molar refractivity (Wildman–Crippen MR) is 247 cm³/mol. The zero-order valence-corrected chi connectivity index (χ0v) is 33.1. The Balaban J connectivity index is 1.05. The first-order valence-corrected chi connectivity index (χ1v) is 20.5. The van der Waals surface area contributed by atoms with E-state index in [0.29, 0.717) is 17.5 Å². The average Bonchev–Trinajstić information content (AvgIpc) is 3.80. The van der Waals surface area contributed by atoms with Gasteiger partial charge >= 0.3 is 0 Å². The van der Waals surface area contributed by atoms with Crippen LogP contribution in [0.25, 0.3) is 111 Å².